The van der Waals surface area contributed by atoms with E-state index in [1.807, 2.05) is 0 Å². The van der Waals surface area contributed by atoms with Crippen molar-refractivity contribution in [3.8, 4) is 0 Å². The van der Waals surface area contributed by atoms with Crippen molar-refractivity contribution >= 4 is 11.8 Å². The minimum atomic E-state index is -0.674. The van der Waals surface area contributed by atoms with Gasteiger partial charge < -0.3 is 5.32 Å². The lowest BCUT2D eigenvalue weighted by atomic mass is 10.0. The van der Waals surface area contributed by atoms with Crippen LogP contribution in [0.2, 0.25) is 0 Å². The van der Waals surface area contributed by atoms with Gasteiger partial charge in [0, 0.05) is 6.92 Å². The van der Waals surface area contributed by atoms with Gasteiger partial charge in [-0.05, 0) is 5.92 Å². The second kappa shape index (κ2) is 4.71. The van der Waals surface area contributed by atoms with Crippen LogP contribution < -0.4 is 10.8 Å². The van der Waals surface area contributed by atoms with Gasteiger partial charge in [-0.3, -0.25) is 14.8 Å². The predicted molar refractivity (Wildman–Crippen MR) is 42.4 cm³/mol. The largest absolute Gasteiger partial charge is 0.344 e. The molecule has 0 aromatic rings. The highest BCUT2D eigenvalue weighted by atomic mass is 16.5. The second-order valence-corrected chi connectivity index (χ2v) is 2.90. The molecule has 0 saturated heterocycles. The summed E-state index contributed by atoms with van der Waals surface area (Å²) in [6.07, 6.45) is 0. The third-order valence-electron chi connectivity index (χ3n) is 1.42. The van der Waals surface area contributed by atoms with Gasteiger partial charge in [0.25, 0.3) is 5.91 Å². The van der Waals surface area contributed by atoms with E-state index in [1.54, 1.807) is 13.8 Å². The average Bonchev–Trinajstić information content (AvgIpc) is 1.98. The summed E-state index contributed by atoms with van der Waals surface area (Å²) >= 11 is 0. The maximum absolute atomic E-state index is 10.9. The van der Waals surface area contributed by atoms with Crippen LogP contribution in [0.1, 0.15) is 20.8 Å². The highest BCUT2D eigenvalue weighted by Gasteiger charge is 2.21. The van der Waals surface area contributed by atoms with E-state index in [1.165, 1.54) is 12.4 Å². The molecule has 0 aliphatic carbocycles. The van der Waals surface area contributed by atoms with Gasteiger partial charge in [-0.15, -0.1) is 0 Å². The van der Waals surface area contributed by atoms with Crippen LogP contribution >= 0.6 is 0 Å². The summed E-state index contributed by atoms with van der Waals surface area (Å²) in [4.78, 5) is 21.5. The van der Waals surface area contributed by atoms with Gasteiger partial charge in [0.05, 0.1) is 0 Å². The van der Waals surface area contributed by atoms with E-state index < -0.39 is 11.9 Å². The molecule has 0 rings (SSSR count). The van der Waals surface area contributed by atoms with E-state index in [9.17, 15) is 9.59 Å². The topological polar surface area (TPSA) is 78.4 Å². The third kappa shape index (κ3) is 3.34. The molecule has 70 valence electrons. The lowest BCUT2D eigenvalue weighted by molar-refractivity contribution is -0.135. The van der Waals surface area contributed by atoms with E-state index in [4.69, 9.17) is 5.21 Å². The minimum Gasteiger partial charge on any atom is -0.344 e. The Hall–Kier alpha value is -1.10. The molecule has 0 saturated carbocycles. The fourth-order valence-corrected chi connectivity index (χ4v) is 0.823. The Kier molecular flexibility index (Phi) is 4.28. The van der Waals surface area contributed by atoms with Gasteiger partial charge in [0.1, 0.15) is 6.04 Å². The van der Waals surface area contributed by atoms with Crippen molar-refractivity contribution < 1.29 is 14.8 Å². The normalized spacial score (nSPS) is 12.4. The van der Waals surface area contributed by atoms with Gasteiger partial charge >= 0.3 is 0 Å². The molecule has 3 N–H and O–H groups in total. The highest BCUT2D eigenvalue weighted by Crippen LogP contribution is 2.00. The van der Waals surface area contributed by atoms with E-state index in [-0.39, 0.29) is 11.8 Å². The molecule has 0 heterocycles. The fraction of sp³-hybridized carbons (Fsp3) is 0.714. The van der Waals surface area contributed by atoms with Gasteiger partial charge in [-0.1, -0.05) is 13.8 Å². The molecule has 0 spiro atoms. The summed E-state index contributed by atoms with van der Waals surface area (Å²) in [5, 5.41) is 10.7. The molecule has 2 amide bonds. The SMILES string of the molecule is CC(=O)N[C@H](C(=O)NO)C(C)C. The Morgan fingerprint density at radius 3 is 2.08 bits per heavy atom. The lowest BCUT2D eigenvalue weighted by Gasteiger charge is -2.18. The molecule has 0 fully saturated rings. The number of carbonyl (C=O) groups excluding carboxylic acids is 2. The summed E-state index contributed by atoms with van der Waals surface area (Å²) in [6.45, 7) is 4.87. The Balaban J connectivity index is 4.23. The number of rotatable bonds is 3. The van der Waals surface area contributed by atoms with E-state index in [0.717, 1.165) is 0 Å². The molecule has 12 heavy (non-hydrogen) atoms. The zero-order valence-corrected chi connectivity index (χ0v) is 7.42. The monoisotopic (exact) mass is 174 g/mol. The number of carbonyl (C=O) groups is 2. The quantitative estimate of drug-likeness (QED) is 0.404. The third-order valence-corrected chi connectivity index (χ3v) is 1.42. The molecule has 5 heteroatoms. The second-order valence-electron chi connectivity index (χ2n) is 2.90. The highest BCUT2D eigenvalue weighted by molar-refractivity contribution is 5.86. The van der Waals surface area contributed by atoms with E-state index >= 15 is 0 Å². The van der Waals surface area contributed by atoms with Crippen LogP contribution in [0.5, 0.6) is 0 Å². The Bertz CT molecular complexity index is 179. The standard InChI is InChI=1S/C7H14N2O3/c1-4(2)6(7(11)9-12)8-5(3)10/h4,6,12H,1-3H3,(H,8,10)(H,9,11)/t6-/m0/s1. The van der Waals surface area contributed by atoms with Crippen molar-refractivity contribution in [3.05, 3.63) is 0 Å². The number of hydrogen-bond acceptors (Lipinski definition) is 3. The smallest absolute Gasteiger partial charge is 0.266 e. The first-order valence-corrected chi connectivity index (χ1v) is 3.70. The number of hydroxylamine groups is 1. The van der Waals surface area contributed by atoms with Crippen molar-refractivity contribution in [2.45, 2.75) is 26.8 Å². The molecular formula is C7H14N2O3. The molecule has 0 aromatic carbocycles. The molecular weight excluding hydrogens is 160 g/mol. The molecule has 0 radical (unpaired) electrons. The van der Waals surface area contributed by atoms with Crippen LogP contribution in [0.3, 0.4) is 0 Å². The molecule has 5 nitrogen and oxygen atoms in total. The number of amides is 2. The van der Waals surface area contributed by atoms with Crippen molar-refractivity contribution in [1.29, 1.82) is 0 Å². The Morgan fingerprint density at radius 2 is 1.83 bits per heavy atom. The first kappa shape index (κ1) is 10.9. The van der Waals surface area contributed by atoms with Crippen LogP contribution in [0.15, 0.2) is 0 Å². The predicted octanol–water partition coefficient (Wildman–Crippen LogP) is -0.348. The summed E-state index contributed by atoms with van der Waals surface area (Å²) in [7, 11) is 0. The Labute approximate surface area is 71.1 Å². The van der Waals surface area contributed by atoms with Crippen LogP contribution in [-0.4, -0.2) is 23.1 Å². The lowest BCUT2D eigenvalue weighted by Crippen LogP contribution is -2.48. The maximum atomic E-state index is 10.9. The average molecular weight is 174 g/mol. The minimum absolute atomic E-state index is 0.0546. The molecule has 0 bridgehead atoms. The zero-order chi connectivity index (χ0) is 9.72. The number of hydrogen-bond donors (Lipinski definition) is 3. The molecule has 0 aliphatic rings. The van der Waals surface area contributed by atoms with Crippen molar-refractivity contribution in [2.24, 2.45) is 5.92 Å². The fourth-order valence-electron chi connectivity index (χ4n) is 0.823. The van der Waals surface area contributed by atoms with Gasteiger partial charge in [-0.25, -0.2) is 5.48 Å². The summed E-state index contributed by atoms with van der Waals surface area (Å²) in [5.74, 6) is -0.946. The first-order chi connectivity index (χ1) is 5.49. The van der Waals surface area contributed by atoms with Crippen LogP contribution in [-0.2, 0) is 9.59 Å². The zero-order valence-electron chi connectivity index (χ0n) is 7.42. The number of nitrogens with one attached hydrogen (secondary N) is 2. The van der Waals surface area contributed by atoms with Gasteiger partial charge in [0.15, 0.2) is 0 Å². The van der Waals surface area contributed by atoms with Gasteiger partial charge in [-0.2, -0.15) is 0 Å². The van der Waals surface area contributed by atoms with E-state index in [2.05, 4.69) is 5.32 Å². The van der Waals surface area contributed by atoms with Crippen molar-refractivity contribution in [1.82, 2.24) is 10.8 Å². The molecule has 0 aliphatic heterocycles. The van der Waals surface area contributed by atoms with Crippen LogP contribution in [0.4, 0.5) is 0 Å². The maximum Gasteiger partial charge on any atom is 0.266 e. The van der Waals surface area contributed by atoms with Gasteiger partial charge in [0.2, 0.25) is 5.91 Å². The summed E-state index contributed by atoms with van der Waals surface area (Å²) in [6, 6.07) is -0.674. The first-order valence-electron chi connectivity index (χ1n) is 3.70. The van der Waals surface area contributed by atoms with Crippen molar-refractivity contribution in [2.75, 3.05) is 0 Å². The van der Waals surface area contributed by atoms with Crippen molar-refractivity contribution in [3.63, 3.8) is 0 Å². The summed E-state index contributed by atoms with van der Waals surface area (Å²) in [5.41, 5.74) is 1.50. The Morgan fingerprint density at radius 1 is 1.33 bits per heavy atom. The van der Waals surface area contributed by atoms with Crippen LogP contribution in [0, 0.1) is 5.92 Å². The summed E-state index contributed by atoms with van der Waals surface area (Å²) < 4.78 is 0. The molecule has 0 unspecified atom stereocenters. The van der Waals surface area contributed by atoms with Crippen LogP contribution in [0.25, 0.3) is 0 Å². The molecule has 0 aromatic heterocycles. The molecule has 1 atom stereocenters. The van der Waals surface area contributed by atoms with E-state index in [0.29, 0.717) is 0 Å².